The maximum atomic E-state index is 13.4. The highest BCUT2D eigenvalue weighted by Gasteiger charge is 2.12. The third-order valence-electron chi connectivity index (χ3n) is 2.30. The molecule has 1 unspecified atom stereocenters. The molecule has 2 nitrogen and oxygen atoms in total. The summed E-state index contributed by atoms with van der Waals surface area (Å²) in [6, 6.07) is 4.75. The zero-order chi connectivity index (χ0) is 11.4. The van der Waals surface area contributed by atoms with E-state index in [9.17, 15) is 9.18 Å². The number of carbonyl (C=O) groups is 1. The van der Waals surface area contributed by atoms with E-state index in [0.717, 1.165) is 0 Å². The van der Waals surface area contributed by atoms with Crippen LogP contribution >= 0.6 is 11.6 Å². The molecule has 15 heavy (non-hydrogen) atoms. The van der Waals surface area contributed by atoms with Gasteiger partial charge in [-0.05, 0) is 24.5 Å². The summed E-state index contributed by atoms with van der Waals surface area (Å²) in [6.45, 7) is 1.60. The zero-order valence-corrected chi connectivity index (χ0v) is 9.09. The smallest absolute Gasteiger partial charge is 0.306 e. The fourth-order valence-electron chi connectivity index (χ4n) is 1.24. The number of halogens is 2. The van der Waals surface area contributed by atoms with Crippen LogP contribution in [0.15, 0.2) is 18.2 Å². The minimum absolute atomic E-state index is 0.0791. The van der Waals surface area contributed by atoms with Crippen LogP contribution in [0.5, 0.6) is 0 Å². The van der Waals surface area contributed by atoms with E-state index in [2.05, 4.69) is 0 Å². The van der Waals surface area contributed by atoms with Crippen molar-refractivity contribution in [2.45, 2.75) is 19.8 Å². The van der Waals surface area contributed by atoms with Crippen LogP contribution in [0.1, 0.15) is 18.9 Å². The summed E-state index contributed by atoms with van der Waals surface area (Å²) < 4.78 is 13.4. The molecule has 82 valence electrons. The molecule has 0 aliphatic rings. The van der Waals surface area contributed by atoms with Crippen molar-refractivity contribution < 1.29 is 14.3 Å². The highest BCUT2D eigenvalue weighted by molar-refractivity contribution is 6.30. The normalized spacial score (nSPS) is 12.5. The van der Waals surface area contributed by atoms with Gasteiger partial charge in [0.25, 0.3) is 0 Å². The number of benzene rings is 1. The lowest BCUT2D eigenvalue weighted by atomic mass is 10.0. The van der Waals surface area contributed by atoms with Crippen LogP contribution in [0, 0.1) is 11.7 Å². The molecule has 0 spiro atoms. The van der Waals surface area contributed by atoms with Gasteiger partial charge >= 0.3 is 5.97 Å². The van der Waals surface area contributed by atoms with E-state index < -0.39 is 17.7 Å². The third kappa shape index (κ3) is 3.20. The Kier molecular flexibility index (Phi) is 4.09. The van der Waals surface area contributed by atoms with Crippen molar-refractivity contribution in [1.82, 2.24) is 0 Å². The van der Waals surface area contributed by atoms with Gasteiger partial charge in [0, 0.05) is 0 Å². The van der Waals surface area contributed by atoms with Crippen LogP contribution in [0.3, 0.4) is 0 Å². The molecule has 0 aliphatic heterocycles. The maximum absolute atomic E-state index is 13.4. The van der Waals surface area contributed by atoms with Gasteiger partial charge in [0.1, 0.15) is 5.82 Å². The summed E-state index contributed by atoms with van der Waals surface area (Å²) >= 11 is 5.60. The minimum atomic E-state index is -0.863. The van der Waals surface area contributed by atoms with Crippen molar-refractivity contribution >= 4 is 17.6 Å². The van der Waals surface area contributed by atoms with E-state index >= 15 is 0 Å². The van der Waals surface area contributed by atoms with Crippen LogP contribution in [0.4, 0.5) is 4.39 Å². The third-order valence-corrected chi connectivity index (χ3v) is 2.59. The molecule has 4 heteroatoms. The Hall–Kier alpha value is -1.09. The highest BCUT2D eigenvalue weighted by Crippen LogP contribution is 2.20. The van der Waals surface area contributed by atoms with Crippen LogP contribution in [0.2, 0.25) is 5.02 Å². The average molecular weight is 231 g/mol. The standard InChI is InChI=1S/C11H12ClFO2/c1-7(11(14)15)5-6-8-3-2-4-9(12)10(8)13/h2-4,7H,5-6H2,1H3,(H,14,15). The van der Waals surface area contributed by atoms with Gasteiger partial charge in [-0.1, -0.05) is 30.7 Å². The molecule has 0 aromatic heterocycles. The monoisotopic (exact) mass is 230 g/mol. The number of aliphatic carboxylic acids is 1. The van der Waals surface area contributed by atoms with Gasteiger partial charge in [-0.3, -0.25) is 4.79 Å². The Balaban J connectivity index is 2.66. The first-order chi connectivity index (χ1) is 7.02. The summed E-state index contributed by atoms with van der Waals surface area (Å²) in [7, 11) is 0. The van der Waals surface area contributed by atoms with Crippen LogP contribution in [0.25, 0.3) is 0 Å². The van der Waals surface area contributed by atoms with Gasteiger partial charge in [-0.25, -0.2) is 4.39 Å². The van der Waals surface area contributed by atoms with E-state index in [-0.39, 0.29) is 5.02 Å². The molecule has 1 rings (SSSR count). The second-order valence-corrected chi connectivity index (χ2v) is 3.90. The molecule has 1 aromatic carbocycles. The quantitative estimate of drug-likeness (QED) is 0.863. The molecule has 0 saturated heterocycles. The Morgan fingerprint density at radius 1 is 1.60 bits per heavy atom. The molecule has 0 aliphatic carbocycles. The zero-order valence-electron chi connectivity index (χ0n) is 8.34. The summed E-state index contributed by atoms with van der Waals surface area (Å²) in [5, 5.41) is 8.74. The number of hydrogen-bond donors (Lipinski definition) is 1. The Morgan fingerprint density at radius 3 is 2.87 bits per heavy atom. The topological polar surface area (TPSA) is 37.3 Å². The number of aryl methyl sites for hydroxylation is 1. The number of hydrogen-bond acceptors (Lipinski definition) is 1. The summed E-state index contributed by atoms with van der Waals surface area (Å²) in [6.07, 6.45) is 0.798. The van der Waals surface area contributed by atoms with Gasteiger partial charge in [-0.15, -0.1) is 0 Å². The molecule has 0 bridgehead atoms. The fourth-order valence-corrected chi connectivity index (χ4v) is 1.43. The largest absolute Gasteiger partial charge is 0.481 e. The van der Waals surface area contributed by atoms with Crippen LogP contribution in [-0.4, -0.2) is 11.1 Å². The second kappa shape index (κ2) is 5.12. The van der Waals surface area contributed by atoms with Crippen molar-refractivity contribution in [2.75, 3.05) is 0 Å². The summed E-state index contributed by atoms with van der Waals surface area (Å²) in [4.78, 5) is 10.6. The molecule has 0 radical (unpaired) electrons. The minimum Gasteiger partial charge on any atom is -0.481 e. The van der Waals surface area contributed by atoms with Gasteiger partial charge in [0.05, 0.1) is 10.9 Å². The van der Waals surface area contributed by atoms with Gasteiger partial charge < -0.3 is 5.11 Å². The van der Waals surface area contributed by atoms with Gasteiger partial charge in [-0.2, -0.15) is 0 Å². The average Bonchev–Trinajstić information content (AvgIpc) is 2.19. The first-order valence-electron chi connectivity index (χ1n) is 4.68. The van der Waals surface area contributed by atoms with E-state index in [0.29, 0.717) is 18.4 Å². The Morgan fingerprint density at radius 2 is 2.27 bits per heavy atom. The lowest BCUT2D eigenvalue weighted by Crippen LogP contribution is -2.10. The number of carboxylic acid groups (broad SMARTS) is 1. The van der Waals surface area contributed by atoms with Crippen molar-refractivity contribution in [1.29, 1.82) is 0 Å². The molecule has 1 N–H and O–H groups in total. The number of carboxylic acids is 1. The Labute approximate surface area is 92.7 Å². The van der Waals surface area contributed by atoms with E-state index in [1.54, 1.807) is 19.1 Å². The molecule has 1 atom stereocenters. The van der Waals surface area contributed by atoms with Crippen molar-refractivity contribution in [3.63, 3.8) is 0 Å². The molecule has 0 fully saturated rings. The number of rotatable bonds is 4. The van der Waals surface area contributed by atoms with E-state index in [1.165, 1.54) is 6.07 Å². The SMILES string of the molecule is CC(CCc1cccc(Cl)c1F)C(=O)O. The lowest BCUT2D eigenvalue weighted by molar-refractivity contribution is -0.141. The highest BCUT2D eigenvalue weighted by atomic mass is 35.5. The maximum Gasteiger partial charge on any atom is 0.306 e. The van der Waals surface area contributed by atoms with Crippen LogP contribution in [-0.2, 0) is 11.2 Å². The second-order valence-electron chi connectivity index (χ2n) is 3.49. The molecule has 0 saturated carbocycles. The molecule has 1 aromatic rings. The van der Waals surface area contributed by atoms with Crippen LogP contribution < -0.4 is 0 Å². The first kappa shape index (κ1) is 12.0. The molecular weight excluding hydrogens is 219 g/mol. The van der Waals surface area contributed by atoms with Gasteiger partial charge in [0.15, 0.2) is 0 Å². The predicted octanol–water partition coefficient (Wildman–Crippen LogP) is 3.13. The molecule has 0 heterocycles. The first-order valence-corrected chi connectivity index (χ1v) is 5.06. The molecule has 0 amide bonds. The fraction of sp³-hybridized carbons (Fsp3) is 0.364. The van der Waals surface area contributed by atoms with E-state index in [4.69, 9.17) is 16.7 Å². The molecular formula is C11H12ClFO2. The van der Waals surface area contributed by atoms with Crippen molar-refractivity contribution in [2.24, 2.45) is 5.92 Å². The van der Waals surface area contributed by atoms with Crippen molar-refractivity contribution in [3.8, 4) is 0 Å². The Bertz CT molecular complexity index is 366. The predicted molar refractivity (Wildman–Crippen MR) is 56.5 cm³/mol. The van der Waals surface area contributed by atoms with Gasteiger partial charge in [0.2, 0.25) is 0 Å². The van der Waals surface area contributed by atoms with Crippen molar-refractivity contribution in [3.05, 3.63) is 34.6 Å². The lowest BCUT2D eigenvalue weighted by Gasteiger charge is -2.07. The summed E-state index contributed by atoms with van der Waals surface area (Å²) in [5.74, 6) is -1.78. The van der Waals surface area contributed by atoms with E-state index in [1.807, 2.05) is 0 Å². The summed E-state index contributed by atoms with van der Waals surface area (Å²) in [5.41, 5.74) is 0.468.